The van der Waals surface area contributed by atoms with Crippen molar-refractivity contribution in [3.63, 3.8) is 0 Å². The van der Waals surface area contributed by atoms with E-state index in [9.17, 15) is 9.18 Å². The molecule has 1 aliphatic rings. The molecule has 0 spiro atoms. The van der Waals surface area contributed by atoms with Crippen LogP contribution in [-0.4, -0.2) is 42.0 Å². The normalized spacial score (nSPS) is 19.6. The topological polar surface area (TPSA) is 45.2 Å². The van der Waals surface area contributed by atoms with E-state index in [-0.39, 0.29) is 11.6 Å². The summed E-state index contributed by atoms with van der Waals surface area (Å²) in [7, 11) is 1.75. The number of pyridine rings is 1. The number of carbonyl (C=O) groups excluding carboxylic acids is 1. The third-order valence-corrected chi connectivity index (χ3v) is 3.20. The van der Waals surface area contributed by atoms with Gasteiger partial charge in [0.15, 0.2) is 0 Å². The Morgan fingerprint density at radius 1 is 1.56 bits per heavy atom. The first kappa shape index (κ1) is 13.0. The van der Waals surface area contributed by atoms with Crippen LogP contribution in [-0.2, 0) is 0 Å². The highest BCUT2D eigenvalue weighted by molar-refractivity contribution is 5.92. The van der Waals surface area contributed by atoms with E-state index in [0.717, 1.165) is 19.2 Å². The summed E-state index contributed by atoms with van der Waals surface area (Å²) in [4.78, 5) is 17.5. The van der Waals surface area contributed by atoms with E-state index < -0.39 is 5.82 Å². The molecule has 0 aliphatic carbocycles. The van der Waals surface area contributed by atoms with Gasteiger partial charge in [-0.05, 0) is 31.5 Å². The molecule has 1 saturated heterocycles. The van der Waals surface area contributed by atoms with Crippen LogP contribution in [0.3, 0.4) is 0 Å². The Bertz CT molecular complexity index is 401. The fourth-order valence-corrected chi connectivity index (χ4v) is 2.19. The third-order valence-electron chi connectivity index (χ3n) is 3.20. The lowest BCUT2D eigenvalue weighted by Crippen LogP contribution is -2.44. The average Bonchev–Trinajstić information content (AvgIpc) is 2.40. The highest BCUT2D eigenvalue weighted by atomic mass is 19.1. The summed E-state index contributed by atoms with van der Waals surface area (Å²) < 4.78 is 12.7. The second-order valence-electron chi connectivity index (χ2n) is 4.69. The van der Waals surface area contributed by atoms with Gasteiger partial charge in [0, 0.05) is 19.6 Å². The van der Waals surface area contributed by atoms with Gasteiger partial charge in [0.25, 0.3) is 5.91 Å². The van der Waals surface area contributed by atoms with Crippen LogP contribution in [0, 0.1) is 5.82 Å². The lowest BCUT2D eigenvalue weighted by Gasteiger charge is -2.28. The van der Waals surface area contributed by atoms with Crippen molar-refractivity contribution in [2.45, 2.75) is 25.3 Å². The Balaban J connectivity index is 1.93. The predicted octanol–water partition coefficient (Wildman–Crippen LogP) is 1.43. The molecular weight excluding hydrogens is 233 g/mol. The SMILES string of the molecule is CN(CC1CCCCN1)C(=O)c1ccc(F)cn1. The van der Waals surface area contributed by atoms with Crippen LogP contribution in [0.25, 0.3) is 0 Å². The number of halogens is 1. The summed E-state index contributed by atoms with van der Waals surface area (Å²) in [6.45, 7) is 1.68. The number of nitrogens with zero attached hydrogens (tertiary/aromatic N) is 2. The van der Waals surface area contributed by atoms with Gasteiger partial charge in [-0.1, -0.05) is 6.42 Å². The molecule has 98 valence electrons. The lowest BCUT2D eigenvalue weighted by molar-refractivity contribution is 0.0769. The minimum absolute atomic E-state index is 0.164. The van der Waals surface area contributed by atoms with Crippen molar-refractivity contribution in [1.82, 2.24) is 15.2 Å². The summed E-state index contributed by atoms with van der Waals surface area (Å²) in [6.07, 6.45) is 4.57. The molecule has 1 unspecified atom stereocenters. The van der Waals surface area contributed by atoms with Crippen molar-refractivity contribution in [3.8, 4) is 0 Å². The van der Waals surface area contributed by atoms with E-state index in [4.69, 9.17) is 0 Å². The second-order valence-corrected chi connectivity index (χ2v) is 4.69. The smallest absolute Gasteiger partial charge is 0.272 e. The Labute approximate surface area is 106 Å². The first-order chi connectivity index (χ1) is 8.66. The van der Waals surface area contributed by atoms with Crippen molar-refractivity contribution in [3.05, 3.63) is 29.8 Å². The molecule has 1 amide bonds. The number of likely N-dealkylation sites (N-methyl/N-ethyl adjacent to an activating group) is 1. The number of carbonyl (C=O) groups is 1. The van der Waals surface area contributed by atoms with Crippen LogP contribution in [0.1, 0.15) is 29.8 Å². The fourth-order valence-electron chi connectivity index (χ4n) is 2.19. The Hall–Kier alpha value is -1.49. The molecule has 2 rings (SSSR count). The molecule has 0 radical (unpaired) electrons. The van der Waals surface area contributed by atoms with Gasteiger partial charge < -0.3 is 10.2 Å². The molecular formula is C13H18FN3O. The molecule has 2 heterocycles. The van der Waals surface area contributed by atoms with Gasteiger partial charge in [0.2, 0.25) is 0 Å². The van der Waals surface area contributed by atoms with Gasteiger partial charge in [-0.3, -0.25) is 4.79 Å². The molecule has 5 heteroatoms. The van der Waals surface area contributed by atoms with Crippen molar-refractivity contribution < 1.29 is 9.18 Å². The number of nitrogens with one attached hydrogen (secondary N) is 1. The van der Waals surface area contributed by atoms with Crippen molar-refractivity contribution in [1.29, 1.82) is 0 Å². The van der Waals surface area contributed by atoms with E-state index in [1.54, 1.807) is 11.9 Å². The Kier molecular flexibility index (Phi) is 4.25. The standard InChI is InChI=1S/C13H18FN3O/c1-17(9-11-4-2-3-7-15-11)13(18)12-6-5-10(14)8-16-12/h5-6,8,11,15H,2-4,7,9H2,1H3. The number of rotatable bonds is 3. The minimum Gasteiger partial charge on any atom is -0.339 e. The van der Waals surface area contributed by atoms with Crippen molar-refractivity contribution >= 4 is 5.91 Å². The maximum Gasteiger partial charge on any atom is 0.272 e. The van der Waals surface area contributed by atoms with Gasteiger partial charge in [-0.15, -0.1) is 0 Å². The maximum atomic E-state index is 12.7. The van der Waals surface area contributed by atoms with E-state index >= 15 is 0 Å². The molecule has 0 saturated carbocycles. The minimum atomic E-state index is -0.428. The highest BCUT2D eigenvalue weighted by Crippen LogP contribution is 2.09. The zero-order chi connectivity index (χ0) is 13.0. The summed E-state index contributed by atoms with van der Waals surface area (Å²) in [5.74, 6) is -0.592. The van der Waals surface area contributed by atoms with E-state index in [2.05, 4.69) is 10.3 Å². The van der Waals surface area contributed by atoms with Crippen LogP contribution in [0.2, 0.25) is 0 Å². The molecule has 0 aromatic carbocycles. The zero-order valence-electron chi connectivity index (χ0n) is 10.5. The number of aromatic nitrogens is 1. The van der Waals surface area contributed by atoms with E-state index in [1.165, 1.54) is 25.0 Å². The maximum absolute atomic E-state index is 12.7. The Morgan fingerprint density at radius 3 is 3.00 bits per heavy atom. The zero-order valence-corrected chi connectivity index (χ0v) is 10.5. The fraction of sp³-hybridized carbons (Fsp3) is 0.538. The van der Waals surface area contributed by atoms with E-state index in [0.29, 0.717) is 12.6 Å². The number of hydrogen-bond donors (Lipinski definition) is 1. The third kappa shape index (κ3) is 3.26. The first-order valence-electron chi connectivity index (χ1n) is 6.27. The van der Waals surface area contributed by atoms with Gasteiger partial charge in [-0.2, -0.15) is 0 Å². The molecule has 1 aromatic rings. The largest absolute Gasteiger partial charge is 0.339 e. The van der Waals surface area contributed by atoms with Gasteiger partial charge in [0.05, 0.1) is 6.20 Å². The quantitative estimate of drug-likeness (QED) is 0.884. The molecule has 1 N–H and O–H groups in total. The van der Waals surface area contributed by atoms with Gasteiger partial charge in [-0.25, -0.2) is 9.37 Å². The summed E-state index contributed by atoms with van der Waals surface area (Å²) in [5, 5.41) is 3.39. The van der Waals surface area contributed by atoms with Crippen molar-refractivity contribution in [2.75, 3.05) is 20.1 Å². The van der Waals surface area contributed by atoms with Crippen LogP contribution >= 0.6 is 0 Å². The first-order valence-corrected chi connectivity index (χ1v) is 6.27. The van der Waals surface area contributed by atoms with E-state index in [1.807, 2.05) is 0 Å². The highest BCUT2D eigenvalue weighted by Gasteiger charge is 2.19. The predicted molar refractivity (Wildman–Crippen MR) is 66.8 cm³/mol. The van der Waals surface area contributed by atoms with Gasteiger partial charge >= 0.3 is 0 Å². The van der Waals surface area contributed by atoms with Crippen LogP contribution in [0.5, 0.6) is 0 Å². The summed E-state index contributed by atoms with van der Waals surface area (Å²) in [5.41, 5.74) is 0.287. The summed E-state index contributed by atoms with van der Waals surface area (Å²) >= 11 is 0. The molecule has 1 atom stereocenters. The summed E-state index contributed by atoms with van der Waals surface area (Å²) in [6, 6.07) is 3.03. The molecule has 18 heavy (non-hydrogen) atoms. The number of piperidine rings is 1. The molecule has 1 fully saturated rings. The van der Waals surface area contributed by atoms with Crippen LogP contribution in [0.4, 0.5) is 4.39 Å². The Morgan fingerprint density at radius 2 is 2.39 bits per heavy atom. The van der Waals surface area contributed by atoms with Gasteiger partial charge in [0.1, 0.15) is 11.5 Å². The second kappa shape index (κ2) is 5.91. The number of amides is 1. The molecule has 1 aromatic heterocycles. The average molecular weight is 251 g/mol. The molecule has 1 aliphatic heterocycles. The molecule has 0 bridgehead atoms. The van der Waals surface area contributed by atoms with Crippen LogP contribution in [0.15, 0.2) is 18.3 Å². The number of hydrogen-bond acceptors (Lipinski definition) is 3. The van der Waals surface area contributed by atoms with Crippen molar-refractivity contribution in [2.24, 2.45) is 0 Å². The monoisotopic (exact) mass is 251 g/mol. The molecule has 4 nitrogen and oxygen atoms in total. The van der Waals surface area contributed by atoms with Crippen LogP contribution < -0.4 is 5.32 Å². The lowest BCUT2D eigenvalue weighted by atomic mass is 10.0.